The van der Waals surface area contributed by atoms with Gasteiger partial charge in [-0.2, -0.15) is 0 Å². The van der Waals surface area contributed by atoms with E-state index in [-0.39, 0.29) is 11.6 Å². The third-order valence-electron chi connectivity index (χ3n) is 3.58. The van der Waals surface area contributed by atoms with Crippen molar-refractivity contribution >= 4 is 11.9 Å². The fourth-order valence-electron chi connectivity index (χ4n) is 2.41. The smallest absolute Gasteiger partial charge is 0.354 e. The Morgan fingerprint density at radius 1 is 1.45 bits per heavy atom. The summed E-state index contributed by atoms with van der Waals surface area (Å²) in [4.78, 5) is 28.7. The molecule has 0 saturated carbocycles. The number of pyridine rings is 1. The molecule has 1 unspecified atom stereocenters. The predicted molar refractivity (Wildman–Crippen MR) is 77.9 cm³/mol. The second-order valence-electron chi connectivity index (χ2n) is 5.21. The van der Waals surface area contributed by atoms with E-state index in [0.29, 0.717) is 44.4 Å². The lowest BCUT2D eigenvalue weighted by atomic mass is 10.1. The van der Waals surface area contributed by atoms with Crippen molar-refractivity contribution in [1.29, 1.82) is 0 Å². The Kier molecular flexibility index (Phi) is 5.85. The van der Waals surface area contributed by atoms with E-state index in [1.165, 1.54) is 18.3 Å². The van der Waals surface area contributed by atoms with Gasteiger partial charge in [0.05, 0.1) is 19.8 Å². The number of carboxylic acids is 1. The molecular weight excluding hydrogens is 288 g/mol. The van der Waals surface area contributed by atoms with Gasteiger partial charge < -0.3 is 19.5 Å². The summed E-state index contributed by atoms with van der Waals surface area (Å²) in [5, 5.41) is 8.93. The minimum absolute atomic E-state index is 0.121. The second-order valence-corrected chi connectivity index (χ2v) is 5.21. The van der Waals surface area contributed by atoms with E-state index in [0.717, 1.165) is 6.42 Å². The molecule has 0 spiro atoms. The molecule has 1 aliphatic rings. The van der Waals surface area contributed by atoms with Crippen molar-refractivity contribution in [1.82, 2.24) is 9.88 Å². The van der Waals surface area contributed by atoms with Crippen LogP contribution in [0, 0.1) is 5.92 Å². The van der Waals surface area contributed by atoms with E-state index in [4.69, 9.17) is 14.6 Å². The Balaban J connectivity index is 1.89. The third kappa shape index (κ3) is 4.25. The van der Waals surface area contributed by atoms with Crippen LogP contribution >= 0.6 is 0 Å². The molecular formula is C15H20N2O5. The first kappa shape index (κ1) is 16.4. The van der Waals surface area contributed by atoms with Gasteiger partial charge in [0.1, 0.15) is 5.69 Å². The van der Waals surface area contributed by atoms with Crippen LogP contribution in [0.15, 0.2) is 18.3 Å². The highest BCUT2D eigenvalue weighted by Crippen LogP contribution is 2.19. The molecule has 1 amide bonds. The number of aromatic carboxylic acids is 1. The maximum atomic E-state index is 12.4. The summed E-state index contributed by atoms with van der Waals surface area (Å²) in [5.41, 5.74) is 0.234. The molecule has 1 aromatic heterocycles. The average Bonchev–Trinajstić information content (AvgIpc) is 3.00. The number of aromatic nitrogens is 1. The van der Waals surface area contributed by atoms with Crippen molar-refractivity contribution < 1.29 is 24.2 Å². The van der Waals surface area contributed by atoms with Crippen LogP contribution in [-0.4, -0.2) is 66.9 Å². The standard InChI is InChI=1S/C15H20N2O5/c1-21-6-7-22-10-11-3-5-17(9-11)14(18)12-2-4-16-13(8-12)15(19)20/h2,4,8,11H,3,5-7,9-10H2,1H3,(H,19,20). The van der Waals surface area contributed by atoms with E-state index >= 15 is 0 Å². The van der Waals surface area contributed by atoms with Gasteiger partial charge in [0, 0.05) is 37.9 Å². The monoisotopic (exact) mass is 308 g/mol. The molecule has 1 aromatic rings. The molecule has 120 valence electrons. The molecule has 0 bridgehead atoms. The molecule has 2 rings (SSSR count). The lowest BCUT2D eigenvalue weighted by Gasteiger charge is -2.17. The molecule has 1 saturated heterocycles. The van der Waals surface area contributed by atoms with Gasteiger partial charge >= 0.3 is 5.97 Å². The average molecular weight is 308 g/mol. The molecule has 0 aliphatic carbocycles. The van der Waals surface area contributed by atoms with Gasteiger partial charge in [0.2, 0.25) is 0 Å². The molecule has 1 N–H and O–H groups in total. The largest absolute Gasteiger partial charge is 0.477 e. The maximum absolute atomic E-state index is 12.4. The molecule has 2 heterocycles. The number of nitrogens with zero attached hydrogens (tertiary/aromatic N) is 2. The Morgan fingerprint density at radius 3 is 3.00 bits per heavy atom. The highest BCUT2D eigenvalue weighted by molar-refractivity contribution is 5.96. The number of carboxylic acid groups (broad SMARTS) is 1. The molecule has 7 heteroatoms. The Bertz CT molecular complexity index is 534. The zero-order chi connectivity index (χ0) is 15.9. The first-order chi connectivity index (χ1) is 10.6. The molecule has 0 aromatic carbocycles. The second kappa shape index (κ2) is 7.86. The lowest BCUT2D eigenvalue weighted by Crippen LogP contribution is -2.29. The summed E-state index contributed by atoms with van der Waals surface area (Å²) in [6.07, 6.45) is 2.23. The summed E-state index contributed by atoms with van der Waals surface area (Å²) in [6, 6.07) is 2.85. The first-order valence-electron chi connectivity index (χ1n) is 7.17. The summed E-state index contributed by atoms with van der Waals surface area (Å²) >= 11 is 0. The maximum Gasteiger partial charge on any atom is 0.354 e. The van der Waals surface area contributed by atoms with E-state index in [1.54, 1.807) is 12.0 Å². The van der Waals surface area contributed by atoms with Crippen molar-refractivity contribution in [2.75, 3.05) is 40.0 Å². The van der Waals surface area contributed by atoms with Crippen LogP contribution in [0.5, 0.6) is 0 Å². The highest BCUT2D eigenvalue weighted by atomic mass is 16.5. The van der Waals surface area contributed by atoms with Crippen LogP contribution in [0.2, 0.25) is 0 Å². The molecule has 22 heavy (non-hydrogen) atoms. The summed E-state index contributed by atoms with van der Waals surface area (Å²) in [7, 11) is 1.62. The summed E-state index contributed by atoms with van der Waals surface area (Å²) in [6.45, 7) is 2.99. The highest BCUT2D eigenvalue weighted by Gasteiger charge is 2.27. The van der Waals surface area contributed by atoms with Gasteiger partial charge in [0.25, 0.3) is 5.91 Å². The van der Waals surface area contributed by atoms with E-state index in [2.05, 4.69) is 4.98 Å². The van der Waals surface area contributed by atoms with Crippen LogP contribution in [0.3, 0.4) is 0 Å². The normalized spacial score (nSPS) is 17.7. The Hall–Kier alpha value is -1.99. The van der Waals surface area contributed by atoms with Gasteiger partial charge in [-0.3, -0.25) is 4.79 Å². The Labute approximate surface area is 128 Å². The van der Waals surface area contributed by atoms with Crippen molar-refractivity contribution in [2.45, 2.75) is 6.42 Å². The molecule has 1 aliphatic heterocycles. The summed E-state index contributed by atoms with van der Waals surface area (Å²) in [5.74, 6) is -0.994. The number of ether oxygens (including phenoxy) is 2. The summed E-state index contributed by atoms with van der Waals surface area (Å²) < 4.78 is 10.4. The lowest BCUT2D eigenvalue weighted by molar-refractivity contribution is 0.0515. The van der Waals surface area contributed by atoms with Crippen molar-refractivity contribution in [3.05, 3.63) is 29.6 Å². The molecule has 1 fully saturated rings. The quantitative estimate of drug-likeness (QED) is 0.753. The number of hydrogen-bond acceptors (Lipinski definition) is 5. The number of amides is 1. The van der Waals surface area contributed by atoms with E-state index in [1.807, 2.05) is 0 Å². The van der Waals surface area contributed by atoms with Gasteiger partial charge in [-0.05, 0) is 18.6 Å². The molecule has 7 nitrogen and oxygen atoms in total. The van der Waals surface area contributed by atoms with Crippen LogP contribution in [-0.2, 0) is 9.47 Å². The number of rotatable bonds is 7. The number of likely N-dealkylation sites (tertiary alicyclic amines) is 1. The Morgan fingerprint density at radius 2 is 2.27 bits per heavy atom. The van der Waals surface area contributed by atoms with Gasteiger partial charge in [-0.25, -0.2) is 9.78 Å². The SMILES string of the molecule is COCCOCC1CCN(C(=O)c2ccnc(C(=O)O)c2)C1. The van der Waals surface area contributed by atoms with Crippen LogP contribution < -0.4 is 0 Å². The van der Waals surface area contributed by atoms with Crippen molar-refractivity contribution in [3.63, 3.8) is 0 Å². The van der Waals surface area contributed by atoms with Gasteiger partial charge in [0.15, 0.2) is 0 Å². The van der Waals surface area contributed by atoms with E-state index < -0.39 is 5.97 Å². The van der Waals surface area contributed by atoms with Crippen LogP contribution in [0.4, 0.5) is 0 Å². The minimum atomic E-state index is -1.14. The number of methoxy groups -OCH3 is 1. The molecule has 0 radical (unpaired) electrons. The van der Waals surface area contributed by atoms with Crippen LogP contribution in [0.25, 0.3) is 0 Å². The van der Waals surface area contributed by atoms with Crippen molar-refractivity contribution in [3.8, 4) is 0 Å². The van der Waals surface area contributed by atoms with E-state index in [9.17, 15) is 9.59 Å². The minimum Gasteiger partial charge on any atom is -0.477 e. The van der Waals surface area contributed by atoms with Gasteiger partial charge in [-0.1, -0.05) is 0 Å². The zero-order valence-electron chi connectivity index (χ0n) is 12.5. The molecule has 1 atom stereocenters. The third-order valence-corrected chi connectivity index (χ3v) is 3.58. The number of carbonyl (C=O) groups excluding carboxylic acids is 1. The first-order valence-corrected chi connectivity index (χ1v) is 7.17. The fourth-order valence-corrected chi connectivity index (χ4v) is 2.41. The van der Waals surface area contributed by atoms with Gasteiger partial charge in [-0.15, -0.1) is 0 Å². The van der Waals surface area contributed by atoms with Crippen molar-refractivity contribution in [2.24, 2.45) is 5.92 Å². The van der Waals surface area contributed by atoms with Crippen LogP contribution in [0.1, 0.15) is 27.3 Å². The number of carbonyl (C=O) groups is 2. The predicted octanol–water partition coefficient (Wildman–Crippen LogP) is 0.905. The zero-order valence-corrected chi connectivity index (χ0v) is 12.5. The number of hydrogen-bond donors (Lipinski definition) is 1. The topological polar surface area (TPSA) is 89.0 Å². The fraction of sp³-hybridized carbons (Fsp3) is 0.533.